The Bertz CT molecular complexity index is 1110. The van der Waals surface area contributed by atoms with E-state index in [1.54, 1.807) is 0 Å². The fraction of sp³-hybridized carbons (Fsp3) is 0.304. The highest BCUT2D eigenvalue weighted by atomic mass is 32.2. The van der Waals surface area contributed by atoms with Crippen molar-refractivity contribution in [3.63, 3.8) is 0 Å². The Kier molecular flexibility index (Phi) is 3.51. The summed E-state index contributed by atoms with van der Waals surface area (Å²) in [6.07, 6.45) is 1.07. The van der Waals surface area contributed by atoms with Crippen molar-refractivity contribution in [1.82, 2.24) is 4.98 Å². The Balaban J connectivity index is 1.58. The van der Waals surface area contributed by atoms with Crippen molar-refractivity contribution in [3.05, 3.63) is 65.9 Å². The molecular weight excluding hydrogens is 368 g/mol. The number of thioether (sulfide) groups is 1. The van der Waals surface area contributed by atoms with Crippen molar-refractivity contribution < 1.29 is 9.59 Å². The lowest BCUT2D eigenvalue weighted by molar-refractivity contribution is -0.123. The molecule has 2 aliphatic heterocycles. The van der Waals surface area contributed by atoms with E-state index in [2.05, 4.69) is 23.2 Å². The summed E-state index contributed by atoms with van der Waals surface area (Å²) in [7, 11) is 0. The number of nitrogens with one attached hydrogen (secondary N) is 1. The number of H-pyrrole nitrogens is 1. The third-order valence-corrected chi connectivity index (χ3v) is 7.83. The molecule has 2 saturated heterocycles. The van der Waals surface area contributed by atoms with Gasteiger partial charge in [0.1, 0.15) is 0 Å². The van der Waals surface area contributed by atoms with Gasteiger partial charge in [-0.15, -0.1) is 0 Å². The number of carbonyl (C=O) groups is 2. The molecule has 0 spiro atoms. The molecular formula is C23H20N2O2S. The molecule has 1 N–H and O–H groups in total. The molecule has 5 heteroatoms. The highest BCUT2D eigenvalue weighted by molar-refractivity contribution is 7.99. The van der Waals surface area contributed by atoms with Crippen LogP contribution in [0.4, 0.5) is 5.69 Å². The number of imide groups is 1. The number of carbonyl (C=O) groups excluding carboxylic acids is 2. The van der Waals surface area contributed by atoms with Gasteiger partial charge in [0.2, 0.25) is 11.8 Å². The number of para-hydroxylation sites is 2. The molecule has 1 aliphatic carbocycles. The van der Waals surface area contributed by atoms with Crippen LogP contribution in [0.1, 0.15) is 29.5 Å². The Labute approximate surface area is 167 Å². The zero-order chi connectivity index (χ0) is 18.8. The van der Waals surface area contributed by atoms with Crippen LogP contribution in [0.5, 0.6) is 0 Å². The van der Waals surface area contributed by atoms with E-state index in [1.165, 1.54) is 15.8 Å². The maximum Gasteiger partial charge on any atom is 0.243 e. The number of rotatable bonds is 1. The fourth-order valence-corrected chi connectivity index (χ4v) is 6.86. The molecule has 28 heavy (non-hydrogen) atoms. The number of anilines is 1. The first-order chi connectivity index (χ1) is 13.8. The lowest BCUT2D eigenvalue weighted by atomic mass is 9.66. The minimum atomic E-state index is -0.393. The first kappa shape index (κ1) is 16.4. The fourth-order valence-electron chi connectivity index (χ4n) is 5.56. The van der Waals surface area contributed by atoms with Gasteiger partial charge in [0.25, 0.3) is 0 Å². The first-order valence-electron chi connectivity index (χ1n) is 9.87. The molecule has 4 nitrogen and oxygen atoms in total. The molecule has 3 aliphatic rings. The average Bonchev–Trinajstić information content (AvgIpc) is 3.24. The molecule has 2 aromatic carbocycles. The summed E-state index contributed by atoms with van der Waals surface area (Å²) in [5.41, 5.74) is 4.03. The second-order valence-electron chi connectivity index (χ2n) is 7.98. The zero-order valence-electron chi connectivity index (χ0n) is 15.3. The minimum Gasteiger partial charge on any atom is -0.357 e. The van der Waals surface area contributed by atoms with Crippen LogP contribution in [0.25, 0.3) is 10.9 Å². The van der Waals surface area contributed by atoms with Crippen molar-refractivity contribution in [2.24, 2.45) is 11.8 Å². The number of aromatic nitrogens is 1. The summed E-state index contributed by atoms with van der Waals surface area (Å²) in [6, 6.07) is 17.7. The van der Waals surface area contributed by atoms with Gasteiger partial charge in [-0.2, -0.15) is 11.8 Å². The molecule has 0 bridgehead atoms. The van der Waals surface area contributed by atoms with Crippen LogP contribution in [-0.4, -0.2) is 28.3 Å². The summed E-state index contributed by atoms with van der Waals surface area (Å²) in [4.78, 5) is 32.0. The van der Waals surface area contributed by atoms with Gasteiger partial charge in [0.15, 0.2) is 0 Å². The van der Waals surface area contributed by atoms with Crippen molar-refractivity contribution in [2.75, 3.05) is 16.4 Å². The van der Waals surface area contributed by atoms with Gasteiger partial charge in [-0.3, -0.25) is 9.59 Å². The number of amides is 2. The van der Waals surface area contributed by atoms with Crippen molar-refractivity contribution in [1.29, 1.82) is 0 Å². The molecule has 3 heterocycles. The van der Waals surface area contributed by atoms with E-state index in [4.69, 9.17) is 0 Å². The van der Waals surface area contributed by atoms with Gasteiger partial charge >= 0.3 is 0 Å². The topological polar surface area (TPSA) is 53.2 Å². The minimum absolute atomic E-state index is 0.0250. The molecule has 6 rings (SSSR count). The van der Waals surface area contributed by atoms with Crippen LogP contribution >= 0.6 is 11.8 Å². The van der Waals surface area contributed by atoms with Crippen LogP contribution in [-0.2, 0) is 9.59 Å². The lowest BCUT2D eigenvalue weighted by Gasteiger charge is -2.40. The number of aromatic amines is 1. The van der Waals surface area contributed by atoms with E-state index in [1.807, 2.05) is 48.2 Å². The predicted molar refractivity (Wildman–Crippen MR) is 112 cm³/mol. The lowest BCUT2D eigenvalue weighted by Crippen LogP contribution is -2.39. The van der Waals surface area contributed by atoms with Gasteiger partial charge in [-0.1, -0.05) is 36.4 Å². The Hall–Kier alpha value is -2.53. The third kappa shape index (κ3) is 2.08. The molecule has 0 saturated carbocycles. The highest BCUT2D eigenvalue weighted by Gasteiger charge is 2.58. The van der Waals surface area contributed by atoms with Crippen molar-refractivity contribution in [3.8, 4) is 0 Å². The van der Waals surface area contributed by atoms with Crippen LogP contribution in [0, 0.1) is 11.8 Å². The first-order valence-corrected chi connectivity index (χ1v) is 11.0. The second kappa shape index (κ2) is 5.98. The van der Waals surface area contributed by atoms with Crippen LogP contribution in [0.2, 0.25) is 0 Å². The Morgan fingerprint density at radius 2 is 1.75 bits per heavy atom. The molecule has 0 unspecified atom stereocenters. The third-order valence-electron chi connectivity index (χ3n) is 6.69. The number of hydrogen-bond donors (Lipinski definition) is 1. The Morgan fingerprint density at radius 1 is 0.964 bits per heavy atom. The number of benzene rings is 2. The van der Waals surface area contributed by atoms with Crippen LogP contribution in [0.3, 0.4) is 0 Å². The van der Waals surface area contributed by atoms with Crippen molar-refractivity contribution in [2.45, 2.75) is 18.3 Å². The predicted octanol–water partition coefficient (Wildman–Crippen LogP) is 4.29. The summed E-state index contributed by atoms with van der Waals surface area (Å²) in [5.74, 6) is 1.88. The SMILES string of the molecule is O=C1[C@@H]2[C@@H]3CSCC[C@@H]3c3c([nH]c4ccccc34)[C@@H]2C(=O)N1c1ccccc1. The van der Waals surface area contributed by atoms with Crippen molar-refractivity contribution >= 4 is 40.2 Å². The molecule has 140 valence electrons. The molecule has 2 amide bonds. The maximum atomic E-state index is 13.5. The normalized spacial score (nSPS) is 28.9. The number of fused-ring (bicyclic) bond motifs is 8. The molecule has 3 aromatic rings. The molecule has 2 fully saturated rings. The summed E-state index contributed by atoms with van der Waals surface area (Å²) >= 11 is 1.92. The standard InChI is InChI=1S/C23H20N2O2S/c26-22-19-16-12-28-11-10-14(16)18-15-8-4-5-9-17(15)24-21(18)20(19)23(27)25(22)13-6-2-1-3-7-13/h1-9,14,16,19-20,24H,10-12H2/t14-,16+,19+,20+/m0/s1. The van der Waals surface area contributed by atoms with E-state index in [0.717, 1.165) is 29.1 Å². The number of nitrogens with zero attached hydrogens (tertiary/aromatic N) is 1. The van der Waals surface area contributed by atoms with E-state index in [9.17, 15) is 9.59 Å². The average molecular weight is 388 g/mol. The summed E-state index contributed by atoms with van der Waals surface area (Å²) in [6.45, 7) is 0. The summed E-state index contributed by atoms with van der Waals surface area (Å²) < 4.78 is 0. The quantitative estimate of drug-likeness (QED) is 0.633. The maximum absolute atomic E-state index is 13.5. The van der Waals surface area contributed by atoms with E-state index < -0.39 is 5.92 Å². The largest absolute Gasteiger partial charge is 0.357 e. The monoisotopic (exact) mass is 388 g/mol. The zero-order valence-corrected chi connectivity index (χ0v) is 16.1. The van der Waals surface area contributed by atoms with Gasteiger partial charge in [0, 0.05) is 16.6 Å². The van der Waals surface area contributed by atoms with E-state index in [0.29, 0.717) is 11.6 Å². The van der Waals surface area contributed by atoms with Gasteiger partial charge in [0.05, 0.1) is 17.5 Å². The second-order valence-corrected chi connectivity index (χ2v) is 9.13. The molecule has 0 radical (unpaired) electrons. The van der Waals surface area contributed by atoms with Gasteiger partial charge in [-0.25, -0.2) is 4.90 Å². The van der Waals surface area contributed by atoms with Gasteiger partial charge < -0.3 is 4.98 Å². The smallest absolute Gasteiger partial charge is 0.243 e. The van der Waals surface area contributed by atoms with Crippen LogP contribution < -0.4 is 4.90 Å². The van der Waals surface area contributed by atoms with E-state index in [-0.39, 0.29) is 23.7 Å². The molecule has 1 aromatic heterocycles. The van der Waals surface area contributed by atoms with Crippen LogP contribution in [0.15, 0.2) is 54.6 Å². The van der Waals surface area contributed by atoms with Gasteiger partial charge in [-0.05, 0) is 53.5 Å². The summed E-state index contributed by atoms with van der Waals surface area (Å²) in [5, 5.41) is 1.22. The highest BCUT2D eigenvalue weighted by Crippen LogP contribution is 2.56. The Morgan fingerprint density at radius 3 is 2.61 bits per heavy atom. The number of hydrogen-bond acceptors (Lipinski definition) is 3. The van der Waals surface area contributed by atoms with E-state index >= 15 is 0 Å². The molecule has 4 atom stereocenters.